The van der Waals surface area contributed by atoms with E-state index >= 15 is 0 Å². The number of amides is 4. The Kier molecular flexibility index (Phi) is 44.4. The molecule has 0 aromatic carbocycles. The number of rotatable bonds is 19. The highest BCUT2D eigenvalue weighted by Gasteiger charge is 2.29. The second kappa shape index (κ2) is 40.3. The number of hydrogen-bond acceptors (Lipinski definition) is 13. The van der Waals surface area contributed by atoms with Crippen LogP contribution in [0.5, 0.6) is 0 Å². The molecule has 382 valence electrons. The van der Waals surface area contributed by atoms with Gasteiger partial charge in [0.1, 0.15) is 18.4 Å². The number of halogens is 1. The highest BCUT2D eigenvalue weighted by atomic mass is 35.5. The number of nitrogens with zero attached hydrogens (tertiary/aromatic N) is 4. The number of ether oxygens (including phenoxy) is 3. The van der Waals surface area contributed by atoms with E-state index in [2.05, 4.69) is 23.9 Å². The lowest BCUT2D eigenvalue weighted by Gasteiger charge is -2.28. The quantitative estimate of drug-likeness (QED) is 0.0568. The Morgan fingerprint density at radius 2 is 0.882 bits per heavy atom. The van der Waals surface area contributed by atoms with Gasteiger partial charge in [0, 0.05) is 45.4 Å². The van der Waals surface area contributed by atoms with Gasteiger partial charge in [-0.2, -0.15) is 0 Å². The van der Waals surface area contributed by atoms with Crippen molar-refractivity contribution >= 4 is 97.2 Å². The molecule has 0 aliphatic carbocycles. The van der Waals surface area contributed by atoms with Gasteiger partial charge in [-0.25, -0.2) is 19.2 Å². The first-order chi connectivity index (χ1) is 30.6. The summed E-state index contributed by atoms with van der Waals surface area (Å²) in [6.45, 7) is 26.7. The van der Waals surface area contributed by atoms with Crippen LogP contribution in [0.15, 0.2) is 23.3 Å². The molecule has 18 nitrogen and oxygen atoms in total. The number of carboxylic acid groups (broad SMARTS) is 1. The standard InChI is InChI=1S/C12H20BNO3.C11H21NO2.C8H14BNO3.C7H12BNO3.C7H12BNO2.ClH/c1-6-17-11(15)9(4)7-10(8(2)3)14(5)12(13)16;1-6-14-11(13)9(4)7-10(12-5)8(2)3;1-5(2)6(7(11)13-4)10(3)8(9)12;1-4(2)5(6(10)11)9(3)7(8)12;1-5(2)6(4-10)9(3)7(8)11;/h7-8,10H,6H2,1-5H3;7-8,10,12H,6H2,1-5H3;5-6H,1-4H3;4-5H,1-3H3,(H,10,11);4-6H,1-3H3;1H/b2*9-7+;;;;/t2*10-;6-;5-;6-;/m11001./s1. The summed E-state index contributed by atoms with van der Waals surface area (Å²) in [4.78, 5) is 103. The van der Waals surface area contributed by atoms with Gasteiger partial charge in [0.2, 0.25) is 31.4 Å². The van der Waals surface area contributed by atoms with Gasteiger partial charge in [0.05, 0.1) is 32.4 Å². The van der Waals surface area contributed by atoms with Gasteiger partial charge < -0.3 is 49.0 Å². The average Bonchev–Trinajstić information content (AvgIpc) is 3.21. The van der Waals surface area contributed by atoms with E-state index < -0.39 is 53.3 Å². The van der Waals surface area contributed by atoms with E-state index in [1.165, 1.54) is 43.0 Å². The second-order valence-corrected chi connectivity index (χ2v) is 16.8. The number of aldehydes is 1. The zero-order valence-electron chi connectivity index (χ0n) is 44.3. The summed E-state index contributed by atoms with van der Waals surface area (Å²) in [6, 6.07) is -1.85. The first kappa shape index (κ1) is 74.9. The fourth-order valence-corrected chi connectivity index (χ4v) is 5.67. The minimum Gasteiger partial charge on any atom is -0.480 e. The minimum absolute atomic E-state index is 0. The zero-order valence-corrected chi connectivity index (χ0v) is 45.1. The topological polar surface area (TPSA) is 227 Å². The summed E-state index contributed by atoms with van der Waals surface area (Å²) < 4.78 is 14.3. The minimum atomic E-state index is -1.04. The van der Waals surface area contributed by atoms with Crippen LogP contribution < -0.4 is 5.32 Å². The van der Waals surface area contributed by atoms with E-state index in [4.69, 9.17) is 46.0 Å². The number of likely N-dealkylation sites (N-methyl/N-ethyl adjacent to an activating group) is 5. The molecule has 0 aromatic heterocycles. The monoisotopic (exact) mass is 978 g/mol. The van der Waals surface area contributed by atoms with Crippen molar-refractivity contribution in [1.82, 2.24) is 24.9 Å². The lowest BCUT2D eigenvalue weighted by molar-refractivity contribution is -0.147. The lowest BCUT2D eigenvalue weighted by atomic mass is 9.97. The molecule has 0 rings (SSSR count). The first-order valence-corrected chi connectivity index (χ1v) is 21.9. The summed E-state index contributed by atoms with van der Waals surface area (Å²) in [5.41, 5.74) is 1.15. The smallest absolute Gasteiger partial charge is 0.333 e. The number of carbonyl (C=O) groups is 9. The van der Waals surface area contributed by atoms with Crippen LogP contribution in [0.1, 0.15) is 96.9 Å². The van der Waals surface area contributed by atoms with Crippen molar-refractivity contribution in [3.05, 3.63) is 23.3 Å². The Morgan fingerprint density at radius 3 is 1.09 bits per heavy atom. The SMILES string of the molecule is CCOC(=O)/C(C)=C/[C@@H](NC)C(C)C.Cl.[B]C(=O)N(C)[C@H](/C=C(\C)C(=O)OCC)C(C)C.[B]C(=O)N(C)[C@H](C(=O)O)C(C)C.[B]C(=O)N(C)[C@H](C(=O)OC)C(C)C.[B]C(=O)N(C)[C@H](C=O)C(C)C. The molecule has 5 atom stereocenters. The number of aliphatic carboxylic acids is 1. The number of carbonyl (C=O) groups excluding carboxylic acids is 8. The molecular weight excluding hydrogens is 897 g/mol. The van der Waals surface area contributed by atoms with Gasteiger partial charge in [-0.1, -0.05) is 81.4 Å². The van der Waals surface area contributed by atoms with E-state index in [0.717, 1.165) is 11.2 Å². The summed E-state index contributed by atoms with van der Waals surface area (Å²) in [6.07, 6.45) is 4.37. The van der Waals surface area contributed by atoms with Crippen LogP contribution >= 0.6 is 12.4 Å². The van der Waals surface area contributed by atoms with E-state index in [1.807, 2.05) is 61.6 Å². The third kappa shape index (κ3) is 32.2. The fraction of sp³-hybridized carbons (Fsp3) is 0.711. The van der Waals surface area contributed by atoms with Crippen LogP contribution in [-0.4, -0.2) is 195 Å². The van der Waals surface area contributed by atoms with Crippen LogP contribution in [0.2, 0.25) is 0 Å². The molecule has 2 N–H and O–H groups in total. The molecule has 0 saturated carbocycles. The largest absolute Gasteiger partial charge is 0.480 e. The van der Waals surface area contributed by atoms with Gasteiger partial charge in [0.15, 0.2) is 23.2 Å². The normalized spacial score (nSPS) is 13.0. The van der Waals surface area contributed by atoms with E-state index in [0.29, 0.717) is 30.3 Å². The summed E-state index contributed by atoms with van der Waals surface area (Å²) in [5, 5.41) is 11.9. The van der Waals surface area contributed by atoms with E-state index in [1.54, 1.807) is 47.7 Å². The Balaban J connectivity index is -0.000000177. The molecule has 0 aliphatic heterocycles. The van der Waals surface area contributed by atoms with Crippen molar-refractivity contribution in [2.45, 2.75) is 127 Å². The van der Waals surface area contributed by atoms with Crippen LogP contribution in [-0.2, 0) is 38.2 Å². The molecule has 4 amide bonds. The van der Waals surface area contributed by atoms with Crippen LogP contribution in [0, 0.1) is 29.6 Å². The molecule has 0 saturated heterocycles. The fourth-order valence-electron chi connectivity index (χ4n) is 5.67. The molecule has 23 heteroatoms. The van der Waals surface area contributed by atoms with Crippen LogP contribution in [0.4, 0.5) is 19.2 Å². The molecular formula is C45H80B4ClN5O13. The lowest BCUT2D eigenvalue weighted by Crippen LogP contribution is -2.45. The van der Waals surface area contributed by atoms with Gasteiger partial charge in [-0.15, -0.1) is 12.4 Å². The molecule has 0 spiro atoms. The number of nitrogens with one attached hydrogen (secondary N) is 1. The maximum Gasteiger partial charge on any atom is 0.333 e. The number of carboxylic acids is 1. The molecule has 0 fully saturated rings. The third-order valence-corrected chi connectivity index (χ3v) is 9.68. The van der Waals surface area contributed by atoms with Gasteiger partial charge in [-0.3, -0.25) is 19.2 Å². The van der Waals surface area contributed by atoms with Gasteiger partial charge in [-0.05, 0) is 64.3 Å². The molecule has 0 unspecified atom stereocenters. The number of hydrogen-bond donors (Lipinski definition) is 2. The van der Waals surface area contributed by atoms with Crippen molar-refractivity contribution in [2.75, 3.05) is 55.6 Å². The van der Waals surface area contributed by atoms with Crippen molar-refractivity contribution in [3.63, 3.8) is 0 Å². The van der Waals surface area contributed by atoms with Crippen LogP contribution in [0.3, 0.4) is 0 Å². The van der Waals surface area contributed by atoms with Crippen molar-refractivity contribution in [1.29, 1.82) is 0 Å². The first-order valence-electron chi connectivity index (χ1n) is 21.9. The highest BCUT2D eigenvalue weighted by molar-refractivity contribution is 6.58. The summed E-state index contributed by atoms with van der Waals surface area (Å²) in [5.74, 6) is -3.98. The van der Waals surface area contributed by atoms with Crippen molar-refractivity contribution in [3.8, 4) is 0 Å². The average molecular weight is 978 g/mol. The predicted octanol–water partition coefficient (Wildman–Crippen LogP) is 5.05. The summed E-state index contributed by atoms with van der Waals surface area (Å²) in [7, 11) is 29.3. The van der Waals surface area contributed by atoms with Crippen molar-refractivity contribution < 1.29 is 62.5 Å². The Bertz CT molecular complexity index is 1620. The van der Waals surface area contributed by atoms with Gasteiger partial charge in [0.25, 0.3) is 0 Å². The van der Waals surface area contributed by atoms with Crippen LogP contribution in [0.25, 0.3) is 0 Å². The number of methoxy groups -OCH3 is 1. The molecule has 8 radical (unpaired) electrons. The molecule has 0 bridgehead atoms. The number of esters is 3. The second-order valence-electron chi connectivity index (χ2n) is 16.8. The summed E-state index contributed by atoms with van der Waals surface area (Å²) >= 11 is 0. The highest BCUT2D eigenvalue weighted by Crippen LogP contribution is 2.15. The molecule has 0 heterocycles. The predicted molar refractivity (Wildman–Crippen MR) is 272 cm³/mol. The Hall–Kier alpha value is -4.58. The van der Waals surface area contributed by atoms with Crippen molar-refractivity contribution in [2.24, 2.45) is 29.6 Å². The van der Waals surface area contributed by atoms with E-state index in [-0.39, 0.29) is 60.1 Å². The van der Waals surface area contributed by atoms with E-state index in [9.17, 15) is 43.2 Å². The molecule has 0 aromatic rings. The van der Waals surface area contributed by atoms with Gasteiger partial charge >= 0.3 is 23.9 Å². The third-order valence-electron chi connectivity index (χ3n) is 9.68. The molecule has 0 aliphatic rings. The maximum atomic E-state index is 11.5. The maximum absolute atomic E-state index is 11.5. The molecule has 68 heavy (non-hydrogen) atoms. The Morgan fingerprint density at radius 1 is 0.559 bits per heavy atom. The Labute approximate surface area is 418 Å². The zero-order chi connectivity index (χ0) is 54.2.